The van der Waals surface area contributed by atoms with Gasteiger partial charge in [0.15, 0.2) is 5.16 Å². The number of carbonyl (C=O) groups excluding carboxylic acids is 2. The number of halogens is 1. The van der Waals surface area contributed by atoms with E-state index in [1.807, 2.05) is 19.1 Å². The number of hydrogen-bond donors (Lipinski definition) is 3. The maximum Gasteiger partial charge on any atom is 0.257 e. The molecule has 0 fully saturated rings. The monoisotopic (exact) mass is 448 g/mol. The second-order valence-corrected chi connectivity index (χ2v) is 7.91. The molecule has 0 aliphatic carbocycles. The molecule has 0 bridgehead atoms. The lowest BCUT2D eigenvalue weighted by molar-refractivity contribution is -0.123. The summed E-state index contributed by atoms with van der Waals surface area (Å²) in [6.07, 6.45) is 1.57. The third-order valence-electron chi connectivity index (χ3n) is 4.03. The number of aromatic amines is 1. The highest BCUT2D eigenvalue weighted by Crippen LogP contribution is 2.31. The summed E-state index contributed by atoms with van der Waals surface area (Å²) in [4.78, 5) is 44.4. The Morgan fingerprint density at radius 3 is 2.96 bits per heavy atom. The van der Waals surface area contributed by atoms with Crippen LogP contribution in [0.25, 0.3) is 0 Å². The second-order valence-electron chi connectivity index (χ2n) is 5.99. The van der Waals surface area contributed by atoms with Crippen LogP contribution in [0.1, 0.15) is 23.5 Å². The van der Waals surface area contributed by atoms with Crippen LogP contribution in [0.4, 0.5) is 11.5 Å². The van der Waals surface area contributed by atoms with Crippen molar-refractivity contribution in [3.63, 3.8) is 0 Å². The summed E-state index contributed by atoms with van der Waals surface area (Å²) < 4.78 is 0.894. The molecule has 0 radical (unpaired) electrons. The van der Waals surface area contributed by atoms with Crippen LogP contribution in [0, 0.1) is 6.92 Å². The van der Waals surface area contributed by atoms with E-state index in [0.29, 0.717) is 16.6 Å². The first-order valence-electron chi connectivity index (χ1n) is 8.14. The zero-order chi connectivity index (χ0) is 19.6. The summed E-state index contributed by atoms with van der Waals surface area (Å²) in [5.74, 6) is -0.994. The number of amides is 2. The largest absolute Gasteiger partial charge is 0.325 e. The molecule has 2 aromatic rings. The Labute approximate surface area is 168 Å². The van der Waals surface area contributed by atoms with Crippen LogP contribution < -0.4 is 16.2 Å². The molecular weight excluding hydrogens is 432 g/mol. The maximum atomic E-state index is 12.8. The summed E-state index contributed by atoms with van der Waals surface area (Å²) >= 11 is 4.66. The fraction of sp³-hybridized carbons (Fsp3) is 0.222. The van der Waals surface area contributed by atoms with Crippen molar-refractivity contribution in [2.24, 2.45) is 0 Å². The number of nitrogens with zero attached hydrogens (tertiary/aromatic N) is 1. The molecule has 3 N–H and O–H groups in total. The lowest BCUT2D eigenvalue weighted by atomic mass is 9.92. The molecule has 1 aromatic carbocycles. The number of aryl methyl sites for hydroxylation is 1. The van der Waals surface area contributed by atoms with Crippen LogP contribution in [0.15, 0.2) is 45.3 Å². The Balaban J connectivity index is 1.93. The summed E-state index contributed by atoms with van der Waals surface area (Å²) in [6, 6.07) is 5.44. The molecule has 1 aliphatic rings. The first-order valence-corrected chi connectivity index (χ1v) is 9.91. The molecule has 1 unspecified atom stereocenters. The molecule has 1 aliphatic heterocycles. The number of fused-ring (bicyclic) bond motifs is 1. The maximum absolute atomic E-state index is 12.8. The van der Waals surface area contributed by atoms with Gasteiger partial charge in [0.05, 0.1) is 11.5 Å². The fourth-order valence-corrected chi connectivity index (χ4v) is 3.84. The average Bonchev–Trinajstić information content (AvgIpc) is 2.61. The van der Waals surface area contributed by atoms with Gasteiger partial charge in [-0.15, -0.1) is 6.58 Å². The highest BCUT2D eigenvalue weighted by atomic mass is 79.9. The smallest absolute Gasteiger partial charge is 0.257 e. The van der Waals surface area contributed by atoms with Crippen molar-refractivity contribution in [2.75, 3.05) is 16.4 Å². The van der Waals surface area contributed by atoms with E-state index in [0.717, 1.165) is 10.0 Å². The van der Waals surface area contributed by atoms with Gasteiger partial charge < -0.3 is 15.6 Å². The van der Waals surface area contributed by atoms with Crippen molar-refractivity contribution in [3.8, 4) is 0 Å². The number of carbonyl (C=O) groups is 2. The second kappa shape index (κ2) is 8.10. The molecule has 0 saturated carbocycles. The minimum atomic E-state index is -0.911. The van der Waals surface area contributed by atoms with Gasteiger partial charge in [0.2, 0.25) is 11.8 Å². The molecule has 7 nitrogen and oxygen atoms in total. The Hall–Kier alpha value is -2.39. The normalized spacial score (nSPS) is 15.6. The predicted molar refractivity (Wildman–Crippen MR) is 109 cm³/mol. The van der Waals surface area contributed by atoms with Crippen molar-refractivity contribution in [2.45, 2.75) is 24.4 Å². The number of rotatable bonds is 5. The molecule has 140 valence electrons. The minimum absolute atomic E-state index is 0.113. The van der Waals surface area contributed by atoms with Crippen LogP contribution in [0.3, 0.4) is 0 Å². The van der Waals surface area contributed by atoms with Gasteiger partial charge >= 0.3 is 0 Å². The van der Waals surface area contributed by atoms with Crippen LogP contribution >= 0.6 is 27.7 Å². The molecule has 1 atom stereocenters. The third kappa shape index (κ3) is 4.30. The van der Waals surface area contributed by atoms with Gasteiger partial charge in [0.1, 0.15) is 5.82 Å². The lowest BCUT2D eigenvalue weighted by Crippen LogP contribution is -2.36. The number of H-pyrrole nitrogens is 1. The SMILES string of the molecule is C=CCSc1nc2c(c(=O)[nH]1)C(C(=O)Nc1ccc(Br)cc1C)CC(=O)N2. The van der Waals surface area contributed by atoms with E-state index < -0.39 is 17.4 Å². The van der Waals surface area contributed by atoms with E-state index in [2.05, 4.69) is 43.1 Å². The predicted octanol–water partition coefficient (Wildman–Crippen LogP) is 3.18. The van der Waals surface area contributed by atoms with E-state index in [4.69, 9.17) is 0 Å². The molecule has 3 rings (SSSR count). The van der Waals surface area contributed by atoms with Crippen molar-refractivity contribution < 1.29 is 9.59 Å². The molecule has 2 heterocycles. The van der Waals surface area contributed by atoms with Crippen LogP contribution in [0.5, 0.6) is 0 Å². The van der Waals surface area contributed by atoms with Crippen LogP contribution in [0.2, 0.25) is 0 Å². The van der Waals surface area contributed by atoms with Crippen molar-refractivity contribution in [3.05, 3.63) is 56.8 Å². The Kier molecular flexibility index (Phi) is 5.81. The third-order valence-corrected chi connectivity index (χ3v) is 5.39. The average molecular weight is 449 g/mol. The number of anilines is 2. The van der Waals surface area contributed by atoms with E-state index in [-0.39, 0.29) is 23.7 Å². The molecular formula is C18H17BrN4O3S. The number of aromatic nitrogens is 2. The summed E-state index contributed by atoms with van der Waals surface area (Å²) in [6.45, 7) is 5.48. The first-order chi connectivity index (χ1) is 12.9. The van der Waals surface area contributed by atoms with Gasteiger partial charge in [-0.1, -0.05) is 33.8 Å². The highest BCUT2D eigenvalue weighted by molar-refractivity contribution is 9.10. The van der Waals surface area contributed by atoms with Gasteiger partial charge in [0, 0.05) is 22.3 Å². The van der Waals surface area contributed by atoms with Crippen LogP contribution in [-0.4, -0.2) is 27.5 Å². The molecule has 27 heavy (non-hydrogen) atoms. The molecule has 9 heteroatoms. The number of thioether (sulfide) groups is 1. The van der Waals surface area contributed by atoms with Gasteiger partial charge in [-0.25, -0.2) is 4.98 Å². The van der Waals surface area contributed by atoms with E-state index >= 15 is 0 Å². The Morgan fingerprint density at radius 2 is 2.26 bits per heavy atom. The van der Waals surface area contributed by atoms with E-state index in [9.17, 15) is 14.4 Å². The Bertz CT molecular complexity index is 989. The number of hydrogen-bond acceptors (Lipinski definition) is 5. The molecule has 0 saturated heterocycles. The van der Waals surface area contributed by atoms with Gasteiger partial charge in [-0.2, -0.15) is 0 Å². The van der Waals surface area contributed by atoms with E-state index in [1.165, 1.54) is 11.8 Å². The minimum Gasteiger partial charge on any atom is -0.325 e. The fourth-order valence-electron chi connectivity index (χ4n) is 2.77. The quantitative estimate of drug-likeness (QED) is 0.370. The Morgan fingerprint density at radius 1 is 1.48 bits per heavy atom. The number of benzene rings is 1. The zero-order valence-electron chi connectivity index (χ0n) is 14.5. The standard InChI is InChI=1S/C18H17BrN4O3S/c1-3-6-27-18-22-15-14(17(26)23-18)11(8-13(24)21-15)16(25)20-12-5-4-10(19)7-9(12)2/h3-5,7,11H,1,6,8H2,2H3,(H,20,25)(H2,21,22,23,24,26). The summed E-state index contributed by atoms with van der Waals surface area (Å²) in [5, 5.41) is 5.76. The summed E-state index contributed by atoms with van der Waals surface area (Å²) in [7, 11) is 0. The molecule has 2 amide bonds. The summed E-state index contributed by atoms with van der Waals surface area (Å²) in [5.41, 5.74) is 1.23. The molecule has 1 aromatic heterocycles. The number of nitrogens with one attached hydrogen (secondary N) is 3. The van der Waals surface area contributed by atoms with Gasteiger partial charge in [-0.05, 0) is 30.7 Å². The molecule has 0 spiro atoms. The topological polar surface area (TPSA) is 104 Å². The van der Waals surface area contributed by atoms with Crippen LogP contribution in [-0.2, 0) is 9.59 Å². The lowest BCUT2D eigenvalue weighted by Gasteiger charge is -2.23. The van der Waals surface area contributed by atoms with Gasteiger partial charge in [0.25, 0.3) is 5.56 Å². The van der Waals surface area contributed by atoms with Gasteiger partial charge in [-0.3, -0.25) is 14.4 Å². The first kappa shape index (κ1) is 19.4. The zero-order valence-corrected chi connectivity index (χ0v) is 16.9. The highest BCUT2D eigenvalue weighted by Gasteiger charge is 2.34. The van der Waals surface area contributed by atoms with Crippen molar-refractivity contribution in [1.82, 2.24) is 9.97 Å². The van der Waals surface area contributed by atoms with E-state index in [1.54, 1.807) is 12.1 Å². The van der Waals surface area contributed by atoms with Crippen molar-refractivity contribution >= 4 is 51.0 Å². The van der Waals surface area contributed by atoms with Crippen molar-refractivity contribution in [1.29, 1.82) is 0 Å².